The summed E-state index contributed by atoms with van der Waals surface area (Å²) in [4.78, 5) is 20.2. The molecule has 0 atom stereocenters. The van der Waals surface area contributed by atoms with Gasteiger partial charge in [-0.2, -0.15) is 13.2 Å². The molecule has 1 aromatic heterocycles. The molecule has 0 saturated heterocycles. The number of nitrogens with one attached hydrogen (secondary N) is 1. The summed E-state index contributed by atoms with van der Waals surface area (Å²) in [5.41, 5.74) is 1.04. The molecule has 2 aromatic carbocycles. The van der Waals surface area contributed by atoms with Crippen LogP contribution in [-0.4, -0.2) is 15.9 Å². The summed E-state index contributed by atoms with van der Waals surface area (Å²) in [5.74, 6) is -0.887. The average molecular weight is 375 g/mol. The van der Waals surface area contributed by atoms with E-state index in [1.165, 1.54) is 18.5 Å². The highest BCUT2D eigenvalue weighted by Gasteiger charge is 2.30. The Hall–Kier alpha value is -3.29. The number of benzene rings is 2. The number of rotatable bonds is 4. The highest BCUT2D eigenvalue weighted by molar-refractivity contribution is 5.94. The lowest BCUT2D eigenvalue weighted by Crippen LogP contribution is -2.23. The average Bonchev–Trinajstić information content (AvgIpc) is 2.66. The summed E-state index contributed by atoms with van der Waals surface area (Å²) in [6.07, 6.45) is -3.13. The number of alkyl halides is 3. The van der Waals surface area contributed by atoms with E-state index < -0.39 is 17.6 Å². The molecule has 1 amide bonds. The molecule has 8 heteroatoms. The first-order chi connectivity index (χ1) is 12.8. The lowest BCUT2D eigenvalue weighted by molar-refractivity contribution is -0.137. The summed E-state index contributed by atoms with van der Waals surface area (Å²) in [5, 5.41) is 2.59. The molecule has 4 nitrogen and oxygen atoms in total. The van der Waals surface area contributed by atoms with Gasteiger partial charge in [-0.15, -0.1) is 0 Å². The largest absolute Gasteiger partial charge is 0.416 e. The Morgan fingerprint density at radius 1 is 0.963 bits per heavy atom. The van der Waals surface area contributed by atoms with Gasteiger partial charge >= 0.3 is 6.18 Å². The predicted molar refractivity (Wildman–Crippen MR) is 90.0 cm³/mol. The third kappa shape index (κ3) is 4.66. The number of halogens is 4. The monoisotopic (exact) mass is 375 g/mol. The zero-order valence-corrected chi connectivity index (χ0v) is 13.8. The van der Waals surface area contributed by atoms with E-state index in [9.17, 15) is 22.4 Å². The smallest absolute Gasteiger partial charge is 0.346 e. The molecular weight excluding hydrogens is 362 g/mol. The maximum Gasteiger partial charge on any atom is 0.416 e. The summed E-state index contributed by atoms with van der Waals surface area (Å²) < 4.78 is 50.7. The number of amides is 1. The fourth-order valence-corrected chi connectivity index (χ4v) is 2.36. The van der Waals surface area contributed by atoms with Crippen LogP contribution in [0.5, 0.6) is 0 Å². The summed E-state index contributed by atoms with van der Waals surface area (Å²) in [7, 11) is 0. The SMILES string of the molecule is O=C(NCc1cc(-c2ccc(F)cc2)ncn1)c1ccc(C(F)(F)F)cc1. The standard InChI is InChI=1S/C19H13F4N3O/c20-15-7-3-12(4-8-15)17-9-16(25-11-26-17)10-24-18(27)13-1-5-14(6-2-13)19(21,22)23/h1-9,11H,10H2,(H,24,27). The third-order valence-electron chi connectivity index (χ3n) is 3.77. The van der Waals surface area contributed by atoms with Gasteiger partial charge < -0.3 is 5.32 Å². The highest BCUT2D eigenvalue weighted by Crippen LogP contribution is 2.29. The molecule has 0 unspecified atom stereocenters. The van der Waals surface area contributed by atoms with Gasteiger partial charge in [-0.3, -0.25) is 4.79 Å². The Morgan fingerprint density at radius 2 is 1.63 bits per heavy atom. The van der Waals surface area contributed by atoms with Gasteiger partial charge in [-0.05, 0) is 54.6 Å². The van der Waals surface area contributed by atoms with Crippen LogP contribution in [0.4, 0.5) is 17.6 Å². The zero-order valence-electron chi connectivity index (χ0n) is 13.8. The van der Waals surface area contributed by atoms with Crippen molar-refractivity contribution in [2.75, 3.05) is 0 Å². The molecule has 1 N–H and O–H groups in total. The van der Waals surface area contributed by atoms with Gasteiger partial charge in [0.2, 0.25) is 0 Å². The van der Waals surface area contributed by atoms with Crippen LogP contribution >= 0.6 is 0 Å². The summed E-state index contributed by atoms with van der Waals surface area (Å²) >= 11 is 0. The molecule has 0 fully saturated rings. The Bertz CT molecular complexity index is 938. The second-order valence-electron chi connectivity index (χ2n) is 5.66. The van der Waals surface area contributed by atoms with Crippen molar-refractivity contribution >= 4 is 5.91 Å². The lowest BCUT2D eigenvalue weighted by atomic mass is 10.1. The van der Waals surface area contributed by atoms with Crippen molar-refractivity contribution < 1.29 is 22.4 Å². The predicted octanol–water partition coefficient (Wildman–Crippen LogP) is 4.23. The van der Waals surface area contributed by atoms with Crippen LogP contribution in [0.1, 0.15) is 21.6 Å². The normalized spacial score (nSPS) is 11.3. The lowest BCUT2D eigenvalue weighted by Gasteiger charge is -2.09. The molecule has 138 valence electrons. The molecule has 0 saturated carbocycles. The number of carbonyl (C=O) groups is 1. The van der Waals surface area contributed by atoms with E-state index >= 15 is 0 Å². The van der Waals surface area contributed by atoms with Gasteiger partial charge in [0.1, 0.15) is 12.1 Å². The molecule has 0 spiro atoms. The van der Waals surface area contributed by atoms with E-state index in [0.29, 0.717) is 17.0 Å². The topological polar surface area (TPSA) is 54.9 Å². The molecule has 3 aromatic rings. The number of hydrogen-bond donors (Lipinski definition) is 1. The van der Waals surface area contributed by atoms with E-state index in [2.05, 4.69) is 15.3 Å². The minimum Gasteiger partial charge on any atom is -0.346 e. The Labute approximate surface area is 151 Å². The molecule has 0 bridgehead atoms. The number of nitrogens with zero attached hydrogens (tertiary/aromatic N) is 2. The van der Waals surface area contributed by atoms with Crippen LogP contribution < -0.4 is 5.32 Å². The van der Waals surface area contributed by atoms with Crippen molar-refractivity contribution in [3.05, 3.63) is 83.6 Å². The van der Waals surface area contributed by atoms with Gasteiger partial charge in [0.05, 0.1) is 23.5 Å². The first-order valence-corrected chi connectivity index (χ1v) is 7.85. The van der Waals surface area contributed by atoms with Crippen LogP contribution in [0.2, 0.25) is 0 Å². The fourth-order valence-electron chi connectivity index (χ4n) is 2.36. The van der Waals surface area contributed by atoms with E-state index in [-0.39, 0.29) is 17.9 Å². The van der Waals surface area contributed by atoms with Gasteiger partial charge in [-0.1, -0.05) is 0 Å². The van der Waals surface area contributed by atoms with Crippen LogP contribution in [0.15, 0.2) is 60.9 Å². The quantitative estimate of drug-likeness (QED) is 0.695. The van der Waals surface area contributed by atoms with Gasteiger partial charge in [-0.25, -0.2) is 14.4 Å². The fraction of sp³-hybridized carbons (Fsp3) is 0.105. The third-order valence-corrected chi connectivity index (χ3v) is 3.77. The van der Waals surface area contributed by atoms with Crippen molar-refractivity contribution in [3.8, 4) is 11.3 Å². The van der Waals surface area contributed by atoms with Crippen molar-refractivity contribution in [1.82, 2.24) is 15.3 Å². The Kier molecular flexibility index (Phi) is 5.16. The number of carbonyl (C=O) groups excluding carboxylic acids is 1. The van der Waals surface area contributed by atoms with Crippen LogP contribution in [0.3, 0.4) is 0 Å². The zero-order chi connectivity index (χ0) is 19.4. The maximum atomic E-state index is 13.0. The van der Waals surface area contributed by atoms with Crippen molar-refractivity contribution in [3.63, 3.8) is 0 Å². The second-order valence-corrected chi connectivity index (χ2v) is 5.66. The highest BCUT2D eigenvalue weighted by atomic mass is 19.4. The number of hydrogen-bond acceptors (Lipinski definition) is 3. The van der Waals surface area contributed by atoms with Crippen molar-refractivity contribution in [2.24, 2.45) is 0 Å². The van der Waals surface area contributed by atoms with E-state index in [0.717, 1.165) is 24.3 Å². The minimum atomic E-state index is -4.45. The van der Waals surface area contributed by atoms with Gasteiger partial charge in [0.15, 0.2) is 0 Å². The van der Waals surface area contributed by atoms with E-state index in [1.807, 2.05) is 0 Å². The first kappa shape index (κ1) is 18.5. The van der Waals surface area contributed by atoms with Crippen molar-refractivity contribution in [2.45, 2.75) is 12.7 Å². The van der Waals surface area contributed by atoms with Crippen LogP contribution in [0.25, 0.3) is 11.3 Å². The molecule has 3 rings (SSSR count). The second kappa shape index (κ2) is 7.53. The van der Waals surface area contributed by atoms with Gasteiger partial charge in [0, 0.05) is 11.1 Å². The summed E-state index contributed by atoms with van der Waals surface area (Å²) in [6, 6.07) is 11.3. The minimum absolute atomic E-state index is 0.0660. The molecule has 27 heavy (non-hydrogen) atoms. The number of aromatic nitrogens is 2. The van der Waals surface area contributed by atoms with Crippen molar-refractivity contribution in [1.29, 1.82) is 0 Å². The van der Waals surface area contributed by atoms with E-state index in [1.54, 1.807) is 18.2 Å². The van der Waals surface area contributed by atoms with Crippen LogP contribution in [-0.2, 0) is 12.7 Å². The van der Waals surface area contributed by atoms with Crippen LogP contribution in [0, 0.1) is 5.82 Å². The Morgan fingerprint density at radius 3 is 2.26 bits per heavy atom. The Balaban J connectivity index is 1.67. The molecule has 0 aliphatic carbocycles. The van der Waals surface area contributed by atoms with E-state index in [4.69, 9.17) is 0 Å². The molecule has 0 radical (unpaired) electrons. The summed E-state index contributed by atoms with van der Waals surface area (Å²) in [6.45, 7) is 0.0660. The first-order valence-electron chi connectivity index (χ1n) is 7.85. The molecule has 0 aliphatic rings. The molecular formula is C19H13F4N3O. The molecule has 1 heterocycles. The van der Waals surface area contributed by atoms with Gasteiger partial charge in [0.25, 0.3) is 5.91 Å². The maximum absolute atomic E-state index is 13.0. The molecule has 0 aliphatic heterocycles.